The van der Waals surface area contributed by atoms with E-state index in [9.17, 15) is 0 Å². The van der Waals surface area contributed by atoms with Crippen molar-refractivity contribution >= 4 is 5.96 Å². The van der Waals surface area contributed by atoms with Crippen molar-refractivity contribution < 1.29 is 0 Å². The third-order valence-electron chi connectivity index (χ3n) is 3.26. The van der Waals surface area contributed by atoms with Crippen LogP contribution in [-0.2, 0) is 0 Å². The van der Waals surface area contributed by atoms with E-state index in [1.165, 1.54) is 45.3 Å². The van der Waals surface area contributed by atoms with Gasteiger partial charge in [0.05, 0.1) is 13.1 Å². The van der Waals surface area contributed by atoms with E-state index in [0.717, 1.165) is 25.6 Å². The molecule has 2 aliphatic rings. The van der Waals surface area contributed by atoms with E-state index in [4.69, 9.17) is 5.84 Å². The highest BCUT2D eigenvalue weighted by molar-refractivity contribution is 5.80. The number of rotatable bonds is 4. The molecular formula is C11H23N5. The molecule has 0 unspecified atom stereocenters. The second-order valence-corrected chi connectivity index (χ2v) is 4.58. The average Bonchev–Trinajstić information content (AvgIpc) is 2.72. The maximum absolute atomic E-state index is 5.73. The van der Waals surface area contributed by atoms with Crippen LogP contribution in [0.25, 0.3) is 0 Å². The molecule has 0 amide bonds. The Morgan fingerprint density at radius 2 is 2.00 bits per heavy atom. The lowest BCUT2D eigenvalue weighted by molar-refractivity contribution is 0.226. The van der Waals surface area contributed by atoms with Gasteiger partial charge in [-0.3, -0.25) is 10.0 Å². The second-order valence-electron chi connectivity index (χ2n) is 4.58. The van der Waals surface area contributed by atoms with Crippen molar-refractivity contribution in [2.45, 2.75) is 25.7 Å². The number of nitrogens with zero attached hydrogens (tertiary/aromatic N) is 3. The Kier molecular flexibility index (Phi) is 4.42. The molecule has 2 heterocycles. The summed E-state index contributed by atoms with van der Waals surface area (Å²) >= 11 is 0. The van der Waals surface area contributed by atoms with Gasteiger partial charge in [0, 0.05) is 6.54 Å². The molecule has 0 atom stereocenters. The molecule has 1 fully saturated rings. The minimum absolute atomic E-state index is 0.824. The van der Waals surface area contributed by atoms with E-state index in [0.29, 0.717) is 0 Å². The highest BCUT2D eigenvalue weighted by Crippen LogP contribution is 2.08. The van der Waals surface area contributed by atoms with Crippen LogP contribution in [0.15, 0.2) is 4.99 Å². The smallest absolute Gasteiger partial charge is 0.208 e. The van der Waals surface area contributed by atoms with Crippen molar-refractivity contribution in [2.75, 3.05) is 39.3 Å². The summed E-state index contributed by atoms with van der Waals surface area (Å²) in [5.74, 6) is 6.59. The zero-order valence-electron chi connectivity index (χ0n) is 9.99. The van der Waals surface area contributed by atoms with Crippen molar-refractivity contribution in [1.29, 1.82) is 0 Å². The molecule has 2 rings (SSSR count). The Labute approximate surface area is 97.7 Å². The normalized spacial score (nSPS) is 22.3. The molecule has 5 heteroatoms. The molecule has 0 saturated carbocycles. The minimum Gasteiger partial charge on any atom is -0.355 e. The molecule has 2 aliphatic heterocycles. The third kappa shape index (κ3) is 3.35. The summed E-state index contributed by atoms with van der Waals surface area (Å²) in [7, 11) is 0. The lowest BCUT2D eigenvalue weighted by atomic mass is 10.1. The first kappa shape index (κ1) is 11.7. The Bertz CT molecular complexity index is 235. The summed E-state index contributed by atoms with van der Waals surface area (Å²) in [6, 6.07) is 0. The van der Waals surface area contributed by atoms with Gasteiger partial charge >= 0.3 is 0 Å². The van der Waals surface area contributed by atoms with Gasteiger partial charge in [-0.25, -0.2) is 5.84 Å². The van der Waals surface area contributed by atoms with E-state index in [1.54, 1.807) is 5.01 Å². The Balaban J connectivity index is 1.54. The Hall–Kier alpha value is -0.810. The summed E-state index contributed by atoms with van der Waals surface area (Å²) in [6.45, 7) is 6.40. The largest absolute Gasteiger partial charge is 0.355 e. The quantitative estimate of drug-likeness (QED) is 0.522. The molecule has 0 spiro atoms. The first-order chi connectivity index (χ1) is 7.86. The van der Waals surface area contributed by atoms with Gasteiger partial charge in [-0.2, -0.15) is 0 Å². The van der Waals surface area contributed by atoms with Gasteiger partial charge in [0.25, 0.3) is 0 Å². The maximum Gasteiger partial charge on any atom is 0.208 e. The SMILES string of the molecule is NN1CCN=C1NCCCN1CCCCC1. The predicted molar refractivity (Wildman–Crippen MR) is 66.1 cm³/mol. The number of piperidine rings is 1. The fourth-order valence-electron chi connectivity index (χ4n) is 2.30. The first-order valence-corrected chi connectivity index (χ1v) is 6.39. The standard InChI is InChI=1S/C11H23N5/c12-16-10-6-14-11(16)13-5-4-9-15-7-2-1-3-8-15/h1-10,12H2,(H,13,14). The minimum atomic E-state index is 0.824. The first-order valence-electron chi connectivity index (χ1n) is 6.39. The Morgan fingerprint density at radius 3 is 2.69 bits per heavy atom. The number of aliphatic imine (C=N–C) groups is 1. The molecule has 0 aromatic rings. The molecule has 92 valence electrons. The van der Waals surface area contributed by atoms with Gasteiger partial charge in [-0.05, 0) is 38.9 Å². The molecule has 0 aliphatic carbocycles. The molecular weight excluding hydrogens is 202 g/mol. The number of hydrogen-bond acceptors (Lipinski definition) is 5. The van der Waals surface area contributed by atoms with Crippen LogP contribution in [-0.4, -0.2) is 55.1 Å². The molecule has 1 saturated heterocycles. The van der Waals surface area contributed by atoms with Crippen molar-refractivity contribution in [2.24, 2.45) is 10.8 Å². The molecule has 0 aromatic carbocycles. The highest BCUT2D eigenvalue weighted by atomic mass is 15.5. The van der Waals surface area contributed by atoms with Crippen molar-refractivity contribution in [3.05, 3.63) is 0 Å². The fourth-order valence-corrected chi connectivity index (χ4v) is 2.30. The summed E-state index contributed by atoms with van der Waals surface area (Å²) in [6.07, 6.45) is 5.33. The number of nitrogens with two attached hydrogens (primary N) is 1. The van der Waals surface area contributed by atoms with E-state index in [1.807, 2.05) is 0 Å². The molecule has 0 aromatic heterocycles. The van der Waals surface area contributed by atoms with Crippen LogP contribution in [0.3, 0.4) is 0 Å². The zero-order valence-corrected chi connectivity index (χ0v) is 9.99. The van der Waals surface area contributed by atoms with E-state index in [2.05, 4.69) is 15.2 Å². The topological polar surface area (TPSA) is 56.9 Å². The summed E-state index contributed by atoms with van der Waals surface area (Å²) < 4.78 is 0. The van der Waals surface area contributed by atoms with E-state index >= 15 is 0 Å². The number of nitrogens with one attached hydrogen (secondary N) is 1. The lowest BCUT2D eigenvalue weighted by Crippen LogP contribution is -2.43. The van der Waals surface area contributed by atoms with Gasteiger partial charge in [-0.15, -0.1) is 0 Å². The van der Waals surface area contributed by atoms with Crippen LogP contribution < -0.4 is 11.2 Å². The van der Waals surface area contributed by atoms with Gasteiger partial charge in [0.2, 0.25) is 5.96 Å². The van der Waals surface area contributed by atoms with Crippen LogP contribution in [0.2, 0.25) is 0 Å². The monoisotopic (exact) mass is 225 g/mol. The van der Waals surface area contributed by atoms with E-state index in [-0.39, 0.29) is 0 Å². The lowest BCUT2D eigenvalue weighted by Gasteiger charge is -2.26. The number of hydrogen-bond donors (Lipinski definition) is 2. The number of guanidine groups is 1. The average molecular weight is 225 g/mol. The summed E-state index contributed by atoms with van der Waals surface area (Å²) in [5.41, 5.74) is 0. The summed E-state index contributed by atoms with van der Waals surface area (Å²) in [5, 5.41) is 4.99. The number of hydrazine groups is 1. The van der Waals surface area contributed by atoms with Gasteiger partial charge in [0.1, 0.15) is 0 Å². The maximum atomic E-state index is 5.73. The van der Waals surface area contributed by atoms with Gasteiger partial charge in [-0.1, -0.05) is 6.42 Å². The zero-order chi connectivity index (χ0) is 11.2. The number of likely N-dealkylation sites (tertiary alicyclic amines) is 1. The van der Waals surface area contributed by atoms with E-state index < -0.39 is 0 Å². The molecule has 0 radical (unpaired) electrons. The van der Waals surface area contributed by atoms with Gasteiger partial charge in [0.15, 0.2) is 0 Å². The highest BCUT2D eigenvalue weighted by Gasteiger charge is 2.12. The van der Waals surface area contributed by atoms with Crippen LogP contribution in [0, 0.1) is 0 Å². The predicted octanol–water partition coefficient (Wildman–Crippen LogP) is -0.00270. The second kappa shape index (κ2) is 6.06. The van der Waals surface area contributed by atoms with Crippen LogP contribution in [0.1, 0.15) is 25.7 Å². The van der Waals surface area contributed by atoms with Crippen molar-refractivity contribution in [3.63, 3.8) is 0 Å². The molecule has 3 N–H and O–H groups in total. The van der Waals surface area contributed by atoms with Crippen molar-refractivity contribution in [3.8, 4) is 0 Å². The van der Waals surface area contributed by atoms with Crippen molar-refractivity contribution in [1.82, 2.24) is 15.2 Å². The molecule has 5 nitrogen and oxygen atoms in total. The Morgan fingerprint density at radius 1 is 1.19 bits per heavy atom. The third-order valence-corrected chi connectivity index (χ3v) is 3.26. The van der Waals surface area contributed by atoms with Crippen LogP contribution >= 0.6 is 0 Å². The van der Waals surface area contributed by atoms with Crippen LogP contribution in [0.4, 0.5) is 0 Å². The fraction of sp³-hybridized carbons (Fsp3) is 0.909. The van der Waals surface area contributed by atoms with Gasteiger partial charge < -0.3 is 10.2 Å². The summed E-state index contributed by atoms with van der Waals surface area (Å²) in [4.78, 5) is 6.85. The molecule has 16 heavy (non-hydrogen) atoms. The molecule has 0 bridgehead atoms. The van der Waals surface area contributed by atoms with Crippen LogP contribution in [0.5, 0.6) is 0 Å².